The van der Waals surface area contributed by atoms with Gasteiger partial charge in [0.15, 0.2) is 0 Å². The third kappa shape index (κ3) is 4.79. The normalized spacial score (nSPS) is 13.0. The van der Waals surface area contributed by atoms with Crippen LogP contribution in [0.15, 0.2) is 180 Å². The quantitative estimate of drug-likeness (QED) is 0.166. The van der Waals surface area contributed by atoms with Crippen molar-refractivity contribution in [2.45, 2.75) is 32.1 Å². The lowest BCUT2D eigenvalue weighted by molar-refractivity contribution is 0.490. The number of para-hydroxylation sites is 2. The van der Waals surface area contributed by atoms with Crippen molar-refractivity contribution in [2.75, 3.05) is 4.90 Å². The van der Waals surface area contributed by atoms with Gasteiger partial charge in [-0.3, -0.25) is 0 Å². The molecule has 0 aliphatic heterocycles. The van der Waals surface area contributed by atoms with Crippen molar-refractivity contribution in [3.8, 4) is 33.4 Å². The van der Waals surface area contributed by atoms with Crippen LogP contribution in [0.2, 0.25) is 0 Å². The second-order valence-electron chi connectivity index (χ2n) is 14.3. The Bertz CT molecular complexity index is 2800. The number of furan rings is 1. The average Bonchev–Trinajstić information content (AvgIpc) is 3.75. The van der Waals surface area contributed by atoms with Crippen LogP contribution < -0.4 is 4.90 Å². The molecule has 9 aromatic rings. The van der Waals surface area contributed by atoms with Crippen LogP contribution in [-0.4, -0.2) is 0 Å². The molecule has 0 radical (unpaired) electrons. The van der Waals surface area contributed by atoms with Crippen LogP contribution >= 0.6 is 0 Å². The zero-order valence-electron chi connectivity index (χ0n) is 30.0. The van der Waals surface area contributed by atoms with Crippen LogP contribution in [0.5, 0.6) is 0 Å². The Morgan fingerprint density at radius 2 is 1.04 bits per heavy atom. The molecular formula is C51H39NO. The van der Waals surface area contributed by atoms with Crippen LogP contribution in [0.1, 0.15) is 37.8 Å². The van der Waals surface area contributed by atoms with E-state index in [1.807, 2.05) is 6.07 Å². The molecule has 10 rings (SSSR count). The minimum Gasteiger partial charge on any atom is -0.455 e. The molecule has 0 saturated carbocycles. The molecule has 0 N–H and O–H groups in total. The third-order valence-corrected chi connectivity index (χ3v) is 11.8. The summed E-state index contributed by atoms with van der Waals surface area (Å²) in [6, 6.07) is 64.1. The molecule has 1 aliphatic carbocycles. The highest BCUT2D eigenvalue weighted by Crippen LogP contribution is 2.54. The van der Waals surface area contributed by atoms with E-state index >= 15 is 0 Å². The monoisotopic (exact) mass is 681 g/mol. The Kier molecular flexibility index (Phi) is 7.33. The Morgan fingerprint density at radius 1 is 0.434 bits per heavy atom. The van der Waals surface area contributed by atoms with Crippen LogP contribution in [0.4, 0.5) is 17.1 Å². The summed E-state index contributed by atoms with van der Waals surface area (Å²) in [5.41, 5.74) is 15.6. The molecule has 0 bridgehead atoms. The van der Waals surface area contributed by atoms with Crippen molar-refractivity contribution >= 4 is 49.8 Å². The number of rotatable bonds is 7. The smallest absolute Gasteiger partial charge is 0.143 e. The van der Waals surface area contributed by atoms with E-state index in [0.29, 0.717) is 0 Å². The largest absolute Gasteiger partial charge is 0.455 e. The molecule has 0 unspecified atom stereocenters. The van der Waals surface area contributed by atoms with Crippen LogP contribution in [0, 0.1) is 0 Å². The molecule has 0 saturated heterocycles. The van der Waals surface area contributed by atoms with Gasteiger partial charge in [0.05, 0.1) is 5.69 Å². The Hall–Kier alpha value is -6.38. The number of anilines is 3. The standard InChI is InChI=1S/C51H39NO/c1-3-51(4-2)46-22-11-8-18-41(46)42-30-29-37(33-47(42)51)52(48-23-12-9-17-39(48)34-15-6-5-7-16-34)36-27-25-35(26-28-36)38-20-14-21-44-40(38)31-32-45-43-19-10-13-24-49(43)53-50(44)45/h5-33H,3-4H2,1-2H3. The average molecular weight is 682 g/mol. The predicted molar refractivity (Wildman–Crippen MR) is 224 cm³/mol. The lowest BCUT2D eigenvalue weighted by Crippen LogP contribution is -2.23. The van der Waals surface area contributed by atoms with Crippen LogP contribution in [0.25, 0.3) is 66.1 Å². The SMILES string of the molecule is CCC1(CC)c2ccccc2-c2ccc(N(c3ccc(-c4cccc5c4ccc4c6ccccc6oc54)cc3)c3ccccc3-c3ccccc3)cc21. The summed E-state index contributed by atoms with van der Waals surface area (Å²) in [6.07, 6.45) is 2.11. The molecule has 254 valence electrons. The van der Waals surface area contributed by atoms with Crippen LogP contribution in [0.3, 0.4) is 0 Å². The highest BCUT2D eigenvalue weighted by atomic mass is 16.3. The van der Waals surface area contributed by atoms with Gasteiger partial charge < -0.3 is 9.32 Å². The molecule has 2 nitrogen and oxygen atoms in total. The van der Waals surface area contributed by atoms with E-state index in [-0.39, 0.29) is 5.41 Å². The fraction of sp³-hybridized carbons (Fsp3) is 0.0980. The van der Waals surface area contributed by atoms with E-state index in [4.69, 9.17) is 4.42 Å². The van der Waals surface area contributed by atoms with Gasteiger partial charge in [-0.15, -0.1) is 0 Å². The second-order valence-corrected chi connectivity index (χ2v) is 14.3. The number of fused-ring (bicyclic) bond motifs is 8. The highest BCUT2D eigenvalue weighted by molar-refractivity contribution is 6.17. The molecule has 1 aliphatic rings. The first kappa shape index (κ1) is 31.4. The van der Waals surface area contributed by atoms with E-state index in [1.165, 1.54) is 49.9 Å². The maximum Gasteiger partial charge on any atom is 0.143 e. The van der Waals surface area contributed by atoms with Crippen molar-refractivity contribution in [3.63, 3.8) is 0 Å². The Labute approximate surface area is 310 Å². The Morgan fingerprint density at radius 3 is 1.87 bits per heavy atom. The number of nitrogens with zero attached hydrogens (tertiary/aromatic N) is 1. The van der Waals surface area contributed by atoms with Gasteiger partial charge in [-0.2, -0.15) is 0 Å². The summed E-state index contributed by atoms with van der Waals surface area (Å²) in [7, 11) is 0. The van der Waals surface area contributed by atoms with Gasteiger partial charge in [0, 0.05) is 38.5 Å². The molecule has 2 heteroatoms. The molecule has 0 amide bonds. The lowest BCUT2D eigenvalue weighted by Gasteiger charge is -2.32. The molecule has 0 atom stereocenters. The molecule has 53 heavy (non-hydrogen) atoms. The first-order chi connectivity index (χ1) is 26.2. The maximum atomic E-state index is 6.43. The first-order valence-electron chi connectivity index (χ1n) is 18.8. The van der Waals surface area contributed by atoms with Gasteiger partial charge in [0.1, 0.15) is 11.2 Å². The summed E-state index contributed by atoms with van der Waals surface area (Å²) in [5, 5.41) is 4.63. The predicted octanol–water partition coefficient (Wildman–Crippen LogP) is 14.6. The topological polar surface area (TPSA) is 16.4 Å². The maximum absolute atomic E-state index is 6.43. The molecular weight excluding hydrogens is 643 g/mol. The van der Waals surface area contributed by atoms with E-state index in [1.54, 1.807) is 0 Å². The number of hydrogen-bond donors (Lipinski definition) is 0. The van der Waals surface area contributed by atoms with E-state index in [2.05, 4.69) is 189 Å². The zero-order valence-corrected chi connectivity index (χ0v) is 30.0. The van der Waals surface area contributed by atoms with Gasteiger partial charge >= 0.3 is 0 Å². The van der Waals surface area contributed by atoms with Gasteiger partial charge in [0.2, 0.25) is 0 Å². The fourth-order valence-corrected chi connectivity index (χ4v) is 9.13. The fourth-order valence-electron chi connectivity index (χ4n) is 9.13. The molecule has 1 aromatic heterocycles. The van der Waals surface area contributed by atoms with Crippen molar-refractivity contribution in [1.82, 2.24) is 0 Å². The van der Waals surface area contributed by atoms with E-state index < -0.39 is 0 Å². The summed E-state index contributed by atoms with van der Waals surface area (Å²) in [5.74, 6) is 0. The minimum absolute atomic E-state index is 0.0178. The van der Waals surface area contributed by atoms with Gasteiger partial charge in [-0.1, -0.05) is 147 Å². The lowest BCUT2D eigenvalue weighted by atomic mass is 9.74. The molecule has 1 heterocycles. The summed E-state index contributed by atoms with van der Waals surface area (Å²) < 4.78 is 6.43. The minimum atomic E-state index is -0.0178. The summed E-state index contributed by atoms with van der Waals surface area (Å²) in [6.45, 7) is 4.69. The molecule has 0 fully saturated rings. The number of hydrogen-bond acceptors (Lipinski definition) is 2. The molecule has 8 aromatic carbocycles. The van der Waals surface area contributed by atoms with Crippen LogP contribution in [-0.2, 0) is 5.41 Å². The zero-order chi connectivity index (χ0) is 35.5. The van der Waals surface area contributed by atoms with Crippen molar-refractivity contribution < 1.29 is 4.42 Å². The van der Waals surface area contributed by atoms with Crippen molar-refractivity contribution in [3.05, 3.63) is 187 Å². The van der Waals surface area contributed by atoms with Gasteiger partial charge in [-0.05, 0) is 99.6 Å². The van der Waals surface area contributed by atoms with Crippen molar-refractivity contribution in [2.24, 2.45) is 0 Å². The van der Waals surface area contributed by atoms with E-state index in [9.17, 15) is 0 Å². The first-order valence-corrected chi connectivity index (χ1v) is 18.8. The van der Waals surface area contributed by atoms with Gasteiger partial charge in [0.25, 0.3) is 0 Å². The highest BCUT2D eigenvalue weighted by Gasteiger charge is 2.40. The second kappa shape index (κ2) is 12.4. The summed E-state index contributed by atoms with van der Waals surface area (Å²) in [4.78, 5) is 2.45. The van der Waals surface area contributed by atoms with E-state index in [0.717, 1.165) is 57.2 Å². The Balaban J connectivity index is 1.14. The molecule has 0 spiro atoms. The number of benzene rings is 8. The third-order valence-electron chi connectivity index (χ3n) is 11.8. The van der Waals surface area contributed by atoms with Crippen molar-refractivity contribution in [1.29, 1.82) is 0 Å². The summed E-state index contributed by atoms with van der Waals surface area (Å²) >= 11 is 0. The van der Waals surface area contributed by atoms with Gasteiger partial charge in [-0.25, -0.2) is 0 Å².